The molecule has 1 aliphatic rings. The Hall–Kier alpha value is -1.53. The van der Waals surface area contributed by atoms with Crippen LogP contribution in [0.3, 0.4) is 0 Å². The second-order valence-electron chi connectivity index (χ2n) is 4.90. The van der Waals surface area contributed by atoms with Crippen LogP contribution in [0.5, 0.6) is 0 Å². The van der Waals surface area contributed by atoms with E-state index in [0.29, 0.717) is 16.5 Å². The quantitative estimate of drug-likeness (QED) is 0.884. The first-order valence-electron chi connectivity index (χ1n) is 6.15. The number of benzene rings is 1. The summed E-state index contributed by atoms with van der Waals surface area (Å²) in [6, 6.07) is 4.51. The number of furan rings is 1. The van der Waals surface area contributed by atoms with Crippen molar-refractivity contribution in [1.82, 2.24) is 5.32 Å². The fourth-order valence-electron chi connectivity index (χ4n) is 2.05. The third-order valence-electron chi connectivity index (χ3n) is 3.31. The zero-order valence-electron chi connectivity index (χ0n) is 10.6. The van der Waals surface area contributed by atoms with E-state index in [9.17, 15) is 13.2 Å². The second kappa shape index (κ2) is 4.49. The van der Waals surface area contributed by atoms with Gasteiger partial charge in [-0.3, -0.25) is 4.79 Å². The van der Waals surface area contributed by atoms with Crippen LogP contribution in [-0.4, -0.2) is 20.4 Å². The van der Waals surface area contributed by atoms with Crippen LogP contribution < -0.4 is 5.32 Å². The van der Waals surface area contributed by atoms with Crippen LogP contribution in [0.4, 0.5) is 0 Å². The first-order chi connectivity index (χ1) is 9.36. The Labute approximate surface area is 120 Å². The van der Waals surface area contributed by atoms with Crippen molar-refractivity contribution in [2.24, 2.45) is 0 Å². The Bertz CT molecular complexity index is 805. The minimum Gasteiger partial charge on any atom is -0.451 e. The van der Waals surface area contributed by atoms with Crippen LogP contribution in [0.25, 0.3) is 11.0 Å². The maximum Gasteiger partial charge on any atom is 0.287 e. The molecule has 1 heterocycles. The van der Waals surface area contributed by atoms with Gasteiger partial charge in [0.1, 0.15) is 5.58 Å². The predicted octanol–water partition coefficient (Wildman–Crippen LogP) is 2.56. The van der Waals surface area contributed by atoms with Gasteiger partial charge >= 0.3 is 0 Å². The van der Waals surface area contributed by atoms with Crippen LogP contribution in [0.1, 0.15) is 29.0 Å². The van der Waals surface area contributed by atoms with Crippen LogP contribution in [0, 0.1) is 6.92 Å². The summed E-state index contributed by atoms with van der Waals surface area (Å²) < 4.78 is 28.2. The lowest BCUT2D eigenvalue weighted by Gasteiger charge is -2.00. The van der Waals surface area contributed by atoms with Crippen molar-refractivity contribution in [2.75, 3.05) is 0 Å². The van der Waals surface area contributed by atoms with Crippen LogP contribution >= 0.6 is 10.7 Å². The number of rotatable bonds is 3. The fraction of sp³-hybridized carbons (Fsp3) is 0.308. The molecule has 1 aliphatic carbocycles. The molecule has 1 amide bonds. The summed E-state index contributed by atoms with van der Waals surface area (Å²) in [5.74, 6) is -0.0486. The Morgan fingerprint density at radius 2 is 2.10 bits per heavy atom. The third kappa shape index (κ3) is 2.41. The van der Waals surface area contributed by atoms with Gasteiger partial charge < -0.3 is 9.73 Å². The first-order valence-corrected chi connectivity index (χ1v) is 8.46. The second-order valence-corrected chi connectivity index (χ2v) is 7.47. The highest BCUT2D eigenvalue weighted by molar-refractivity contribution is 8.13. The number of fused-ring (bicyclic) bond motifs is 1. The Kier molecular flexibility index (Phi) is 3.02. The molecule has 20 heavy (non-hydrogen) atoms. The largest absolute Gasteiger partial charge is 0.451 e. The van der Waals surface area contributed by atoms with E-state index in [4.69, 9.17) is 15.1 Å². The standard InChI is InChI=1S/C13H12ClNO4S/c1-7-10-6-9(20(14,17)18)4-5-11(10)19-12(7)13(16)15-8-2-3-8/h4-6,8H,2-3H2,1H3,(H,15,16). The number of amides is 1. The van der Waals surface area contributed by atoms with E-state index in [-0.39, 0.29) is 22.6 Å². The SMILES string of the molecule is Cc1c(C(=O)NC2CC2)oc2ccc(S(=O)(=O)Cl)cc12. The van der Waals surface area contributed by atoms with Gasteiger partial charge in [0.15, 0.2) is 5.76 Å². The molecular weight excluding hydrogens is 302 g/mol. The molecule has 1 saturated carbocycles. The van der Waals surface area contributed by atoms with E-state index in [1.54, 1.807) is 6.92 Å². The Morgan fingerprint density at radius 3 is 2.70 bits per heavy atom. The monoisotopic (exact) mass is 313 g/mol. The van der Waals surface area contributed by atoms with Crippen molar-refractivity contribution in [3.05, 3.63) is 29.5 Å². The zero-order valence-corrected chi connectivity index (χ0v) is 12.2. The van der Waals surface area contributed by atoms with Crippen molar-refractivity contribution >= 4 is 36.6 Å². The van der Waals surface area contributed by atoms with E-state index in [0.717, 1.165) is 12.8 Å². The van der Waals surface area contributed by atoms with Gasteiger partial charge in [-0.1, -0.05) is 0 Å². The molecule has 1 N–H and O–H groups in total. The minimum absolute atomic E-state index is 0.00952. The highest BCUT2D eigenvalue weighted by Crippen LogP contribution is 2.29. The lowest BCUT2D eigenvalue weighted by atomic mass is 10.1. The van der Waals surface area contributed by atoms with Crippen LogP contribution in [0.2, 0.25) is 0 Å². The predicted molar refractivity (Wildman–Crippen MR) is 74.5 cm³/mol. The third-order valence-corrected chi connectivity index (χ3v) is 4.66. The lowest BCUT2D eigenvalue weighted by molar-refractivity contribution is 0.0924. The van der Waals surface area contributed by atoms with Crippen LogP contribution in [-0.2, 0) is 9.05 Å². The summed E-state index contributed by atoms with van der Waals surface area (Å²) >= 11 is 0. The number of carbonyl (C=O) groups excluding carboxylic acids is 1. The summed E-state index contributed by atoms with van der Waals surface area (Å²) in [7, 11) is 1.52. The summed E-state index contributed by atoms with van der Waals surface area (Å²) in [6.45, 7) is 1.72. The van der Waals surface area contributed by atoms with Gasteiger partial charge in [-0.15, -0.1) is 0 Å². The average molecular weight is 314 g/mol. The smallest absolute Gasteiger partial charge is 0.287 e. The Morgan fingerprint density at radius 1 is 1.40 bits per heavy atom. The van der Waals surface area contributed by atoms with Gasteiger partial charge in [0, 0.05) is 27.7 Å². The lowest BCUT2D eigenvalue weighted by Crippen LogP contribution is -2.25. The van der Waals surface area contributed by atoms with Crippen molar-refractivity contribution in [3.63, 3.8) is 0 Å². The summed E-state index contributed by atoms with van der Waals surface area (Å²) in [6.07, 6.45) is 1.97. The zero-order chi connectivity index (χ0) is 14.5. The molecule has 0 unspecified atom stereocenters. The molecule has 1 aromatic heterocycles. The van der Waals surface area contributed by atoms with Crippen LogP contribution in [0.15, 0.2) is 27.5 Å². The molecule has 3 rings (SSSR count). The molecule has 0 aliphatic heterocycles. The molecule has 5 nitrogen and oxygen atoms in total. The molecule has 2 aromatic rings. The van der Waals surface area contributed by atoms with Gasteiger partial charge in [-0.25, -0.2) is 8.42 Å². The van der Waals surface area contributed by atoms with Gasteiger partial charge in [-0.05, 0) is 38.0 Å². The molecule has 106 valence electrons. The summed E-state index contributed by atoms with van der Waals surface area (Å²) in [5.41, 5.74) is 1.08. The molecule has 0 atom stereocenters. The molecular formula is C13H12ClNO4S. The van der Waals surface area contributed by atoms with Gasteiger partial charge in [0.05, 0.1) is 4.90 Å². The number of halogens is 1. The molecule has 0 spiro atoms. The van der Waals surface area contributed by atoms with Crippen molar-refractivity contribution in [3.8, 4) is 0 Å². The van der Waals surface area contributed by atoms with Gasteiger partial charge in [0.25, 0.3) is 15.0 Å². The number of nitrogens with one attached hydrogen (secondary N) is 1. The number of hydrogen-bond donors (Lipinski definition) is 1. The van der Waals surface area contributed by atoms with E-state index >= 15 is 0 Å². The molecule has 0 saturated heterocycles. The normalized spacial score (nSPS) is 15.5. The van der Waals surface area contributed by atoms with E-state index in [1.165, 1.54) is 18.2 Å². The Balaban J connectivity index is 2.07. The molecule has 0 radical (unpaired) electrons. The fourth-order valence-corrected chi connectivity index (χ4v) is 2.82. The summed E-state index contributed by atoms with van der Waals surface area (Å²) in [4.78, 5) is 12.0. The maximum atomic E-state index is 12.0. The molecule has 1 fully saturated rings. The van der Waals surface area contributed by atoms with E-state index in [2.05, 4.69) is 5.32 Å². The highest BCUT2D eigenvalue weighted by Gasteiger charge is 2.27. The van der Waals surface area contributed by atoms with Gasteiger partial charge in [-0.2, -0.15) is 0 Å². The first kappa shape index (κ1) is 13.5. The average Bonchev–Trinajstić information content (AvgIpc) is 3.11. The molecule has 1 aromatic carbocycles. The van der Waals surface area contributed by atoms with E-state index in [1.807, 2.05) is 0 Å². The van der Waals surface area contributed by atoms with E-state index < -0.39 is 9.05 Å². The van der Waals surface area contributed by atoms with Crippen molar-refractivity contribution in [2.45, 2.75) is 30.7 Å². The summed E-state index contributed by atoms with van der Waals surface area (Å²) in [5, 5.41) is 3.42. The highest BCUT2D eigenvalue weighted by atomic mass is 35.7. The maximum absolute atomic E-state index is 12.0. The molecule has 7 heteroatoms. The number of carbonyl (C=O) groups is 1. The topological polar surface area (TPSA) is 76.4 Å². The van der Waals surface area contributed by atoms with Crippen molar-refractivity contribution < 1.29 is 17.6 Å². The minimum atomic E-state index is -3.80. The van der Waals surface area contributed by atoms with Crippen molar-refractivity contribution in [1.29, 1.82) is 0 Å². The number of hydrogen-bond acceptors (Lipinski definition) is 4. The molecule has 0 bridgehead atoms. The van der Waals surface area contributed by atoms with Gasteiger partial charge in [0.2, 0.25) is 0 Å². The number of aryl methyl sites for hydroxylation is 1.